The van der Waals surface area contributed by atoms with Gasteiger partial charge in [0.25, 0.3) is 0 Å². The van der Waals surface area contributed by atoms with Crippen molar-refractivity contribution < 1.29 is 22.3 Å². The van der Waals surface area contributed by atoms with Crippen LogP contribution in [0, 0.1) is 17.7 Å². The Morgan fingerprint density at radius 2 is 1.73 bits per heavy atom. The molecule has 0 aliphatic heterocycles. The molecular weight excluding hydrogens is 357 g/mol. The molecule has 0 aliphatic carbocycles. The average molecular weight is 388 g/mol. The monoisotopic (exact) mass is 387 g/mol. The Balaban J connectivity index is 3.38. The molecule has 0 N–H and O–H groups in total. The van der Waals surface area contributed by atoms with Crippen LogP contribution in [-0.4, -0.2) is 37.9 Å². The summed E-state index contributed by atoms with van der Waals surface area (Å²) >= 11 is 0. The molecule has 0 saturated carbocycles. The lowest BCUT2D eigenvalue weighted by molar-refractivity contribution is -0.149. The van der Waals surface area contributed by atoms with Crippen molar-refractivity contribution in [1.29, 1.82) is 0 Å². The number of benzene rings is 1. The summed E-state index contributed by atoms with van der Waals surface area (Å²) in [5.74, 6) is -1.00. The van der Waals surface area contributed by atoms with Crippen LogP contribution in [0.1, 0.15) is 47.5 Å². The van der Waals surface area contributed by atoms with Gasteiger partial charge in [0.05, 0.1) is 11.5 Å². The van der Waals surface area contributed by atoms with Gasteiger partial charge in [-0.05, 0) is 49.4 Å². The van der Waals surface area contributed by atoms with Gasteiger partial charge < -0.3 is 4.74 Å². The smallest absolute Gasteiger partial charge is 0.324 e. The fraction of sp³-hybridized carbons (Fsp3) is 0.632. The zero-order chi connectivity index (χ0) is 19.9. The summed E-state index contributed by atoms with van der Waals surface area (Å²) in [6.07, 6.45) is 1.23. The van der Waals surface area contributed by atoms with Crippen LogP contribution in [-0.2, 0) is 19.6 Å². The Bertz CT molecular complexity index is 673. The molecule has 0 spiro atoms. The van der Waals surface area contributed by atoms with Gasteiger partial charge in [0, 0.05) is 6.54 Å². The molecule has 0 fully saturated rings. The van der Waals surface area contributed by atoms with Crippen LogP contribution < -0.4 is 0 Å². The highest BCUT2D eigenvalue weighted by atomic mass is 32.2. The minimum absolute atomic E-state index is 0.0275. The minimum atomic E-state index is -3.97. The SMILES string of the molecule is CCOC(=O)C(C(C)CC)N(CCC(C)C)S(=O)(=O)c1ccc(F)cc1. The van der Waals surface area contributed by atoms with Crippen LogP contribution in [0.4, 0.5) is 4.39 Å². The molecule has 7 heteroatoms. The maximum Gasteiger partial charge on any atom is 0.324 e. The fourth-order valence-electron chi connectivity index (χ4n) is 2.62. The molecule has 1 rings (SSSR count). The third-order valence-corrected chi connectivity index (χ3v) is 6.26. The van der Waals surface area contributed by atoms with E-state index in [1.165, 1.54) is 16.4 Å². The van der Waals surface area contributed by atoms with Gasteiger partial charge >= 0.3 is 5.97 Å². The van der Waals surface area contributed by atoms with Gasteiger partial charge in [-0.2, -0.15) is 4.31 Å². The van der Waals surface area contributed by atoms with Gasteiger partial charge in [0.1, 0.15) is 11.9 Å². The lowest BCUT2D eigenvalue weighted by Crippen LogP contribution is -2.49. The third-order valence-electron chi connectivity index (χ3n) is 4.37. The number of rotatable bonds is 10. The molecule has 0 bridgehead atoms. The average Bonchev–Trinajstić information content (AvgIpc) is 2.58. The highest BCUT2D eigenvalue weighted by molar-refractivity contribution is 7.89. The molecule has 1 aromatic carbocycles. The van der Waals surface area contributed by atoms with Crippen molar-refractivity contribution in [3.8, 4) is 0 Å². The highest BCUT2D eigenvalue weighted by Gasteiger charge is 2.39. The first-order valence-corrected chi connectivity index (χ1v) is 10.5. The molecule has 2 unspecified atom stereocenters. The minimum Gasteiger partial charge on any atom is -0.465 e. The third kappa shape index (κ3) is 5.77. The highest BCUT2D eigenvalue weighted by Crippen LogP contribution is 2.26. The van der Waals surface area contributed by atoms with Crippen LogP contribution in [0.5, 0.6) is 0 Å². The number of esters is 1. The second-order valence-electron chi connectivity index (χ2n) is 6.83. The predicted molar refractivity (Wildman–Crippen MR) is 99.6 cm³/mol. The first-order chi connectivity index (χ1) is 12.1. The van der Waals surface area contributed by atoms with Crippen LogP contribution in [0.3, 0.4) is 0 Å². The largest absolute Gasteiger partial charge is 0.465 e. The molecule has 0 aliphatic rings. The Labute approximate surface area is 156 Å². The number of ether oxygens (including phenoxy) is 1. The van der Waals surface area contributed by atoms with Gasteiger partial charge in [0.15, 0.2) is 0 Å². The molecule has 0 aromatic heterocycles. The van der Waals surface area contributed by atoms with Crippen LogP contribution >= 0.6 is 0 Å². The number of nitrogens with zero attached hydrogens (tertiary/aromatic N) is 1. The lowest BCUT2D eigenvalue weighted by Gasteiger charge is -2.33. The second-order valence-corrected chi connectivity index (χ2v) is 8.73. The van der Waals surface area contributed by atoms with E-state index in [1.54, 1.807) is 6.92 Å². The van der Waals surface area contributed by atoms with Crippen molar-refractivity contribution in [2.45, 2.75) is 58.4 Å². The first kappa shape index (κ1) is 22.6. The Morgan fingerprint density at radius 1 is 1.15 bits per heavy atom. The zero-order valence-corrected chi connectivity index (χ0v) is 17.1. The second kappa shape index (κ2) is 10.0. The van der Waals surface area contributed by atoms with E-state index in [-0.39, 0.29) is 29.9 Å². The van der Waals surface area contributed by atoms with E-state index in [4.69, 9.17) is 4.74 Å². The molecule has 0 amide bonds. The summed E-state index contributed by atoms with van der Waals surface area (Å²) in [5, 5.41) is 0. The normalized spacial score (nSPS) is 14.5. The molecular formula is C19H30FNO4S. The van der Waals surface area contributed by atoms with Crippen molar-refractivity contribution in [3.05, 3.63) is 30.1 Å². The maximum atomic E-state index is 13.2. The van der Waals surface area contributed by atoms with Crippen molar-refractivity contribution in [2.75, 3.05) is 13.2 Å². The first-order valence-electron chi connectivity index (χ1n) is 9.09. The summed E-state index contributed by atoms with van der Waals surface area (Å²) in [7, 11) is -3.97. The van der Waals surface area contributed by atoms with Gasteiger partial charge in [-0.15, -0.1) is 0 Å². The van der Waals surface area contributed by atoms with Gasteiger partial charge in [-0.1, -0.05) is 34.1 Å². The summed E-state index contributed by atoms with van der Waals surface area (Å²) < 4.78 is 46.1. The van der Waals surface area contributed by atoms with Crippen molar-refractivity contribution in [2.24, 2.45) is 11.8 Å². The van der Waals surface area contributed by atoms with Crippen molar-refractivity contribution in [1.82, 2.24) is 4.31 Å². The van der Waals surface area contributed by atoms with Crippen LogP contribution in [0.2, 0.25) is 0 Å². The summed E-state index contributed by atoms with van der Waals surface area (Å²) in [4.78, 5) is 12.5. The molecule has 0 heterocycles. The van der Waals surface area contributed by atoms with E-state index < -0.39 is 27.9 Å². The van der Waals surface area contributed by atoms with E-state index in [9.17, 15) is 17.6 Å². The van der Waals surface area contributed by atoms with E-state index in [0.29, 0.717) is 12.8 Å². The number of carbonyl (C=O) groups is 1. The number of sulfonamides is 1. The fourth-order valence-corrected chi connectivity index (χ4v) is 4.31. The van der Waals surface area contributed by atoms with Crippen molar-refractivity contribution in [3.63, 3.8) is 0 Å². The molecule has 5 nitrogen and oxygen atoms in total. The number of hydrogen-bond acceptors (Lipinski definition) is 4. The molecule has 0 radical (unpaired) electrons. The topological polar surface area (TPSA) is 63.7 Å². The summed E-state index contributed by atoms with van der Waals surface area (Å²) in [6.45, 7) is 9.80. The van der Waals surface area contributed by atoms with Gasteiger partial charge in [-0.3, -0.25) is 4.79 Å². The van der Waals surface area contributed by atoms with Gasteiger partial charge in [-0.25, -0.2) is 12.8 Å². The number of carbonyl (C=O) groups excluding carboxylic acids is 1. The van der Waals surface area contributed by atoms with E-state index in [0.717, 1.165) is 12.1 Å². The lowest BCUT2D eigenvalue weighted by atomic mass is 9.98. The maximum absolute atomic E-state index is 13.2. The number of hydrogen-bond donors (Lipinski definition) is 0. The molecule has 1 aromatic rings. The van der Waals surface area contributed by atoms with Crippen LogP contribution in [0.15, 0.2) is 29.2 Å². The predicted octanol–water partition coefficient (Wildman–Crippen LogP) is 3.84. The summed E-state index contributed by atoms with van der Waals surface area (Å²) in [6, 6.07) is 3.76. The molecule has 26 heavy (non-hydrogen) atoms. The Kier molecular flexibility index (Phi) is 8.70. The van der Waals surface area contributed by atoms with E-state index >= 15 is 0 Å². The van der Waals surface area contributed by atoms with Crippen LogP contribution in [0.25, 0.3) is 0 Å². The number of halogens is 1. The molecule has 0 saturated heterocycles. The summed E-state index contributed by atoms with van der Waals surface area (Å²) in [5.41, 5.74) is 0. The standard InChI is InChI=1S/C19H30FNO4S/c1-6-15(5)18(19(22)25-7-2)21(13-12-14(3)4)26(23,24)17-10-8-16(20)9-11-17/h8-11,14-15,18H,6-7,12-13H2,1-5H3. The Morgan fingerprint density at radius 3 is 2.19 bits per heavy atom. The zero-order valence-electron chi connectivity index (χ0n) is 16.2. The van der Waals surface area contributed by atoms with E-state index in [1.807, 2.05) is 27.7 Å². The quantitative estimate of drug-likeness (QED) is 0.572. The van der Waals surface area contributed by atoms with E-state index in [2.05, 4.69) is 0 Å². The molecule has 148 valence electrons. The molecule has 2 atom stereocenters. The Hall–Kier alpha value is -1.47. The van der Waals surface area contributed by atoms with Gasteiger partial charge in [0.2, 0.25) is 10.0 Å². The van der Waals surface area contributed by atoms with Crippen molar-refractivity contribution >= 4 is 16.0 Å².